The Morgan fingerprint density at radius 3 is 2.55 bits per heavy atom. The highest BCUT2D eigenvalue weighted by atomic mass is 127. The number of aryl methyl sites for hydroxylation is 1. The first-order chi connectivity index (χ1) is 19.5. The Morgan fingerprint density at radius 2 is 1.93 bits per heavy atom. The van der Waals surface area contributed by atoms with Crippen LogP contribution in [0.15, 0.2) is 34.1 Å². The molecule has 1 unspecified atom stereocenters. The quantitative estimate of drug-likeness (QED) is 0.315. The summed E-state index contributed by atoms with van der Waals surface area (Å²) in [7, 11) is 1.22. The zero-order valence-electron chi connectivity index (χ0n) is 23.3. The lowest BCUT2D eigenvalue weighted by atomic mass is 9.81. The standard InChI is InChI=1S/C27H30F2IN5O7/c1-26(2,3)42-25(41)34-8-7-27(12-34,24(39)40)10-15(36)11-35-13-31-21-18(22(35)37)20(19(29)23(38)33(21)4)32-17-6-5-14(30)9-16(17)28/h5-6,9,13,15,32,36H,7-8,10-12H2,1-4H3,(H,39,40)/t15?,27-/m0/s1. The number of nitrogens with one attached hydrogen (secondary N) is 1. The van der Waals surface area contributed by atoms with E-state index in [2.05, 4.69) is 10.3 Å². The molecule has 4 rings (SSSR count). The molecule has 0 bridgehead atoms. The van der Waals surface area contributed by atoms with E-state index in [-0.39, 0.29) is 42.7 Å². The molecule has 1 amide bonds. The van der Waals surface area contributed by atoms with Gasteiger partial charge in [0.2, 0.25) is 5.82 Å². The Morgan fingerprint density at radius 1 is 1.24 bits per heavy atom. The number of pyridine rings is 1. The molecule has 0 aliphatic carbocycles. The maximum atomic E-state index is 15.2. The molecule has 0 saturated carbocycles. The van der Waals surface area contributed by atoms with E-state index in [4.69, 9.17) is 4.74 Å². The Hall–Kier alpha value is -3.60. The number of likely N-dealkylation sites (tertiary alicyclic amines) is 1. The number of aromatic nitrogens is 3. The number of aliphatic carboxylic acids is 1. The first-order valence-corrected chi connectivity index (χ1v) is 14.0. The zero-order chi connectivity index (χ0) is 31.1. The molecule has 0 spiro atoms. The molecule has 1 aliphatic rings. The molecule has 3 heterocycles. The summed E-state index contributed by atoms with van der Waals surface area (Å²) >= 11 is 1.89. The van der Waals surface area contributed by atoms with Gasteiger partial charge in [-0.3, -0.25) is 23.5 Å². The number of ether oxygens (including phenoxy) is 1. The molecule has 15 heteroatoms. The van der Waals surface area contributed by atoms with Gasteiger partial charge in [0.05, 0.1) is 35.8 Å². The van der Waals surface area contributed by atoms with Crippen molar-refractivity contribution in [2.24, 2.45) is 12.5 Å². The number of nitrogens with zero attached hydrogens (tertiary/aromatic N) is 4. The Labute approximate surface area is 252 Å². The maximum Gasteiger partial charge on any atom is 0.410 e. The van der Waals surface area contributed by atoms with Gasteiger partial charge >= 0.3 is 12.1 Å². The molecule has 1 aliphatic heterocycles. The SMILES string of the molecule is Cn1c(=O)c(F)c(Nc2ccc(I)cc2F)c2c(=O)n(CC(O)C[C@@]3(C(=O)O)CCN(C(=O)OC(C)(C)C)C3)cnc21. The van der Waals surface area contributed by atoms with Gasteiger partial charge in [-0.25, -0.2) is 14.2 Å². The molecule has 12 nitrogen and oxygen atoms in total. The molecule has 1 fully saturated rings. The van der Waals surface area contributed by atoms with E-state index >= 15 is 4.39 Å². The predicted octanol–water partition coefficient (Wildman–Crippen LogP) is 3.18. The van der Waals surface area contributed by atoms with Gasteiger partial charge < -0.3 is 25.2 Å². The fourth-order valence-corrected chi connectivity index (χ4v) is 5.37. The molecule has 1 aromatic carbocycles. The maximum absolute atomic E-state index is 15.2. The van der Waals surface area contributed by atoms with Crippen molar-refractivity contribution in [3.63, 3.8) is 0 Å². The third kappa shape index (κ3) is 6.25. The number of anilines is 2. The number of carbonyl (C=O) groups is 2. The average Bonchev–Trinajstić information content (AvgIpc) is 3.32. The van der Waals surface area contributed by atoms with Crippen molar-refractivity contribution in [1.82, 2.24) is 19.0 Å². The number of amides is 1. The van der Waals surface area contributed by atoms with Crippen molar-refractivity contribution >= 4 is 57.1 Å². The van der Waals surface area contributed by atoms with Crippen molar-refractivity contribution in [3.05, 3.63) is 60.4 Å². The molecular weight excluding hydrogens is 671 g/mol. The van der Waals surface area contributed by atoms with Gasteiger partial charge in [-0.1, -0.05) is 0 Å². The van der Waals surface area contributed by atoms with Crippen molar-refractivity contribution in [2.75, 3.05) is 18.4 Å². The van der Waals surface area contributed by atoms with Crippen LogP contribution in [0.2, 0.25) is 0 Å². The van der Waals surface area contributed by atoms with E-state index < -0.39 is 64.2 Å². The van der Waals surface area contributed by atoms with Gasteiger partial charge in [0, 0.05) is 23.7 Å². The lowest BCUT2D eigenvalue weighted by Crippen LogP contribution is -2.42. The Bertz CT molecular complexity index is 1690. The van der Waals surface area contributed by atoms with Gasteiger partial charge in [-0.15, -0.1) is 0 Å². The Balaban J connectivity index is 1.66. The summed E-state index contributed by atoms with van der Waals surface area (Å²) in [6.07, 6.45) is -1.28. The number of hydrogen-bond acceptors (Lipinski definition) is 8. The molecule has 1 saturated heterocycles. The van der Waals surface area contributed by atoms with Crippen LogP contribution in [-0.4, -0.2) is 66.1 Å². The molecule has 0 radical (unpaired) electrons. The summed E-state index contributed by atoms with van der Waals surface area (Å²) in [4.78, 5) is 56.3. The van der Waals surface area contributed by atoms with Crippen LogP contribution in [0.3, 0.4) is 0 Å². The van der Waals surface area contributed by atoms with Crippen molar-refractivity contribution < 1.29 is 33.3 Å². The third-order valence-electron chi connectivity index (χ3n) is 6.98. The number of carboxylic acid groups (broad SMARTS) is 1. The van der Waals surface area contributed by atoms with Gasteiger partial charge in [-0.2, -0.15) is 4.39 Å². The van der Waals surface area contributed by atoms with Crippen LogP contribution >= 0.6 is 22.6 Å². The summed E-state index contributed by atoms with van der Waals surface area (Å²) in [5, 5.41) is 23.1. The lowest BCUT2D eigenvalue weighted by molar-refractivity contribution is -0.150. The summed E-state index contributed by atoms with van der Waals surface area (Å²) in [5.41, 5.74) is -5.19. The zero-order valence-corrected chi connectivity index (χ0v) is 25.4. The highest BCUT2D eigenvalue weighted by Crippen LogP contribution is 2.37. The van der Waals surface area contributed by atoms with Gasteiger partial charge in [0.15, 0.2) is 5.65 Å². The van der Waals surface area contributed by atoms with E-state index in [1.54, 1.807) is 26.8 Å². The van der Waals surface area contributed by atoms with Crippen LogP contribution in [0.1, 0.15) is 33.6 Å². The molecule has 3 aromatic rings. The smallest absolute Gasteiger partial charge is 0.410 e. The van der Waals surface area contributed by atoms with E-state index in [0.717, 1.165) is 15.5 Å². The second-order valence-corrected chi connectivity index (χ2v) is 12.5. The van der Waals surface area contributed by atoms with Crippen molar-refractivity contribution in [1.29, 1.82) is 0 Å². The number of benzene rings is 1. The average molecular weight is 701 g/mol. The highest BCUT2D eigenvalue weighted by molar-refractivity contribution is 14.1. The van der Waals surface area contributed by atoms with Crippen LogP contribution in [0, 0.1) is 20.6 Å². The number of carboxylic acids is 1. The highest BCUT2D eigenvalue weighted by Gasteiger charge is 2.48. The lowest BCUT2D eigenvalue weighted by Gasteiger charge is -2.28. The van der Waals surface area contributed by atoms with Crippen LogP contribution in [-0.2, 0) is 23.1 Å². The predicted molar refractivity (Wildman–Crippen MR) is 157 cm³/mol. The number of halogens is 3. The summed E-state index contributed by atoms with van der Waals surface area (Å²) in [6.45, 7) is 4.53. The number of rotatable bonds is 7. The normalized spacial score (nSPS) is 17.9. The first-order valence-electron chi connectivity index (χ1n) is 12.9. The minimum Gasteiger partial charge on any atom is -0.481 e. The monoisotopic (exact) mass is 701 g/mol. The summed E-state index contributed by atoms with van der Waals surface area (Å²) in [6, 6.07) is 4.06. The van der Waals surface area contributed by atoms with Crippen molar-refractivity contribution in [2.45, 2.75) is 51.9 Å². The van der Waals surface area contributed by atoms with E-state index in [0.29, 0.717) is 3.57 Å². The number of fused-ring (bicyclic) bond motifs is 1. The van der Waals surface area contributed by atoms with Crippen LogP contribution in [0.5, 0.6) is 0 Å². The van der Waals surface area contributed by atoms with Crippen LogP contribution in [0.25, 0.3) is 11.0 Å². The molecule has 42 heavy (non-hydrogen) atoms. The van der Waals surface area contributed by atoms with Crippen LogP contribution < -0.4 is 16.4 Å². The van der Waals surface area contributed by atoms with E-state index in [1.165, 1.54) is 24.1 Å². The fourth-order valence-electron chi connectivity index (χ4n) is 4.91. The minimum absolute atomic E-state index is 0.0481. The largest absolute Gasteiger partial charge is 0.481 e. The number of aliphatic hydroxyl groups is 1. The van der Waals surface area contributed by atoms with E-state index in [9.17, 15) is 33.8 Å². The Kier molecular flexibility index (Phi) is 8.64. The molecule has 2 aromatic heterocycles. The number of aliphatic hydroxyl groups excluding tert-OH is 1. The third-order valence-corrected chi connectivity index (χ3v) is 7.65. The topological polar surface area (TPSA) is 156 Å². The molecule has 226 valence electrons. The minimum atomic E-state index is -1.50. The molecule has 3 N–H and O–H groups in total. The van der Waals surface area contributed by atoms with Crippen LogP contribution in [0.4, 0.5) is 25.0 Å². The van der Waals surface area contributed by atoms with Gasteiger partial charge in [-0.05, 0) is 74.4 Å². The van der Waals surface area contributed by atoms with Crippen molar-refractivity contribution in [3.8, 4) is 0 Å². The second-order valence-electron chi connectivity index (χ2n) is 11.3. The second kappa shape index (κ2) is 11.6. The van der Waals surface area contributed by atoms with Gasteiger partial charge in [0.1, 0.15) is 16.8 Å². The van der Waals surface area contributed by atoms with Gasteiger partial charge in [0.25, 0.3) is 11.1 Å². The number of hydrogen-bond donors (Lipinski definition) is 3. The van der Waals surface area contributed by atoms with E-state index in [1.807, 2.05) is 22.6 Å². The summed E-state index contributed by atoms with van der Waals surface area (Å²) < 4.78 is 37.5. The molecule has 2 atom stereocenters. The number of carbonyl (C=O) groups excluding carboxylic acids is 1. The molecular formula is C27H30F2IN5O7. The first kappa shape index (κ1) is 31.3. The summed E-state index contributed by atoms with van der Waals surface area (Å²) in [5.74, 6) is -3.30. The fraction of sp³-hybridized carbons (Fsp3) is 0.444.